The van der Waals surface area contributed by atoms with E-state index in [4.69, 9.17) is 0 Å². The van der Waals surface area contributed by atoms with Crippen LogP contribution in [0.1, 0.15) is 47.6 Å². The molecule has 126 valence electrons. The van der Waals surface area contributed by atoms with Gasteiger partial charge in [-0.3, -0.25) is 4.79 Å². The van der Waals surface area contributed by atoms with Crippen molar-refractivity contribution < 1.29 is 4.79 Å². The molecule has 1 amide bonds. The Kier molecular flexibility index (Phi) is 5.62. The van der Waals surface area contributed by atoms with E-state index in [9.17, 15) is 4.79 Å². The molecule has 0 unspecified atom stereocenters. The second-order valence-electron chi connectivity index (χ2n) is 6.64. The number of rotatable bonds is 5. The molecular weight excluding hydrogens is 314 g/mol. The molecule has 1 aliphatic rings. The molecule has 1 N–H and O–H groups in total. The van der Waals surface area contributed by atoms with Crippen molar-refractivity contribution in [2.45, 2.75) is 50.0 Å². The van der Waals surface area contributed by atoms with Crippen molar-refractivity contribution in [3.05, 3.63) is 65.2 Å². The third-order valence-corrected chi connectivity index (χ3v) is 6.24. The summed E-state index contributed by atoms with van der Waals surface area (Å²) in [5, 5.41) is 3.62. The molecule has 2 nitrogen and oxygen atoms in total. The summed E-state index contributed by atoms with van der Waals surface area (Å²) < 4.78 is 0. The summed E-state index contributed by atoms with van der Waals surface area (Å²) in [6.45, 7) is 4.09. The molecule has 1 atom stereocenters. The molecule has 2 aromatic rings. The molecule has 0 aliphatic heterocycles. The molecule has 0 aromatic heterocycles. The molecule has 0 spiro atoms. The van der Waals surface area contributed by atoms with E-state index in [0.29, 0.717) is 5.25 Å². The summed E-state index contributed by atoms with van der Waals surface area (Å²) in [7, 11) is 0. The first-order valence-electron chi connectivity index (χ1n) is 8.72. The average Bonchev–Trinajstić information content (AvgIpc) is 3.10. The van der Waals surface area contributed by atoms with Crippen LogP contribution in [0.5, 0.6) is 0 Å². The van der Waals surface area contributed by atoms with Crippen LogP contribution in [0.3, 0.4) is 0 Å². The lowest BCUT2D eigenvalue weighted by Crippen LogP contribution is -2.21. The van der Waals surface area contributed by atoms with Crippen LogP contribution in [0.25, 0.3) is 0 Å². The number of aryl methyl sites for hydroxylation is 2. The minimum Gasteiger partial charge on any atom is -0.325 e. The molecule has 0 bridgehead atoms. The number of nitrogens with one attached hydrogen (secondary N) is 1. The van der Waals surface area contributed by atoms with Crippen LogP contribution in [0.4, 0.5) is 5.69 Å². The summed E-state index contributed by atoms with van der Waals surface area (Å²) in [6.07, 6.45) is 5.03. The quantitative estimate of drug-likeness (QED) is 0.761. The van der Waals surface area contributed by atoms with Gasteiger partial charge in [0, 0.05) is 10.9 Å². The molecule has 1 fully saturated rings. The van der Waals surface area contributed by atoms with Crippen LogP contribution in [0, 0.1) is 13.8 Å². The van der Waals surface area contributed by atoms with Crippen molar-refractivity contribution >= 4 is 23.4 Å². The van der Waals surface area contributed by atoms with Crippen molar-refractivity contribution in [1.29, 1.82) is 0 Å². The van der Waals surface area contributed by atoms with Crippen LogP contribution in [0.15, 0.2) is 48.5 Å². The number of carbonyl (C=O) groups is 1. The van der Waals surface area contributed by atoms with Gasteiger partial charge in [0.25, 0.3) is 0 Å². The zero-order chi connectivity index (χ0) is 16.9. The fraction of sp³-hybridized carbons (Fsp3) is 0.381. The van der Waals surface area contributed by atoms with Crippen molar-refractivity contribution in [1.82, 2.24) is 0 Å². The predicted molar refractivity (Wildman–Crippen MR) is 104 cm³/mol. The molecule has 0 saturated heterocycles. The summed E-state index contributed by atoms with van der Waals surface area (Å²) in [6, 6.07) is 16.4. The molecule has 3 heteroatoms. The Bertz CT molecular complexity index is 692. The van der Waals surface area contributed by atoms with E-state index in [-0.39, 0.29) is 11.2 Å². The van der Waals surface area contributed by atoms with Gasteiger partial charge in [-0.2, -0.15) is 0 Å². The maximum atomic E-state index is 13.0. The lowest BCUT2D eigenvalue weighted by atomic mass is 10.1. The zero-order valence-electron chi connectivity index (χ0n) is 14.4. The van der Waals surface area contributed by atoms with Crippen molar-refractivity contribution in [2.24, 2.45) is 0 Å². The van der Waals surface area contributed by atoms with E-state index in [1.807, 2.05) is 36.9 Å². The van der Waals surface area contributed by atoms with Gasteiger partial charge in [-0.25, -0.2) is 0 Å². The topological polar surface area (TPSA) is 29.1 Å². The first-order valence-corrected chi connectivity index (χ1v) is 9.66. The predicted octanol–water partition coefficient (Wildman–Crippen LogP) is 5.66. The smallest absolute Gasteiger partial charge is 0.242 e. The number of hydrogen-bond donors (Lipinski definition) is 1. The first-order chi connectivity index (χ1) is 11.6. The SMILES string of the molecule is Cc1ccc(C)c(NC(=O)[C@@H](SC2CCCC2)c2ccccc2)c1. The summed E-state index contributed by atoms with van der Waals surface area (Å²) in [4.78, 5) is 13.0. The zero-order valence-corrected chi connectivity index (χ0v) is 15.2. The lowest BCUT2D eigenvalue weighted by molar-refractivity contribution is -0.115. The van der Waals surface area contributed by atoms with Gasteiger partial charge in [-0.1, -0.05) is 55.3 Å². The second kappa shape index (κ2) is 7.89. The highest BCUT2D eigenvalue weighted by molar-refractivity contribution is 8.00. The minimum atomic E-state index is -0.144. The lowest BCUT2D eigenvalue weighted by Gasteiger charge is -2.21. The number of anilines is 1. The molecule has 2 aromatic carbocycles. The standard InChI is InChI=1S/C21H25NOS/c1-15-12-13-16(2)19(14-15)22-21(23)20(17-8-4-3-5-9-17)24-18-10-6-7-11-18/h3-5,8-9,12-14,18,20H,6-7,10-11H2,1-2H3,(H,22,23)/t20-/m0/s1. The number of carbonyl (C=O) groups excluding carboxylic acids is 1. The Morgan fingerprint density at radius 2 is 1.79 bits per heavy atom. The summed E-state index contributed by atoms with van der Waals surface area (Å²) >= 11 is 1.83. The Balaban J connectivity index is 1.81. The van der Waals surface area contributed by atoms with E-state index in [1.165, 1.54) is 25.7 Å². The molecule has 0 radical (unpaired) electrons. The minimum absolute atomic E-state index is 0.0896. The fourth-order valence-corrected chi connectivity index (χ4v) is 4.69. The van der Waals surface area contributed by atoms with Crippen molar-refractivity contribution in [3.63, 3.8) is 0 Å². The number of thioether (sulfide) groups is 1. The first kappa shape index (κ1) is 17.1. The maximum absolute atomic E-state index is 13.0. The molecule has 1 aliphatic carbocycles. The Hall–Kier alpha value is -1.74. The average molecular weight is 340 g/mol. The van der Waals surface area contributed by atoms with Crippen LogP contribution in [0.2, 0.25) is 0 Å². The third kappa shape index (κ3) is 4.21. The van der Waals surface area contributed by atoms with E-state index < -0.39 is 0 Å². The van der Waals surface area contributed by atoms with Gasteiger partial charge in [-0.05, 0) is 49.4 Å². The molecular formula is C21H25NOS. The van der Waals surface area contributed by atoms with Crippen LogP contribution in [-0.4, -0.2) is 11.2 Å². The number of amides is 1. The van der Waals surface area contributed by atoms with E-state index in [2.05, 4.69) is 42.6 Å². The van der Waals surface area contributed by atoms with Crippen LogP contribution >= 0.6 is 11.8 Å². The number of hydrogen-bond acceptors (Lipinski definition) is 2. The van der Waals surface area contributed by atoms with Gasteiger partial charge in [0.05, 0.1) is 0 Å². The largest absolute Gasteiger partial charge is 0.325 e. The van der Waals surface area contributed by atoms with Gasteiger partial charge in [-0.15, -0.1) is 11.8 Å². The fourth-order valence-electron chi connectivity index (χ4n) is 3.21. The normalized spacial score (nSPS) is 16.1. The summed E-state index contributed by atoms with van der Waals surface area (Å²) in [5.41, 5.74) is 4.28. The van der Waals surface area contributed by atoms with E-state index in [0.717, 1.165) is 22.4 Å². The Morgan fingerprint density at radius 3 is 2.50 bits per heavy atom. The molecule has 3 rings (SSSR count). The Morgan fingerprint density at radius 1 is 1.08 bits per heavy atom. The van der Waals surface area contributed by atoms with Gasteiger partial charge < -0.3 is 5.32 Å². The van der Waals surface area contributed by atoms with Crippen LogP contribution < -0.4 is 5.32 Å². The van der Waals surface area contributed by atoms with Crippen LogP contribution in [-0.2, 0) is 4.79 Å². The third-order valence-electron chi connectivity index (χ3n) is 4.62. The number of benzene rings is 2. The van der Waals surface area contributed by atoms with E-state index in [1.54, 1.807) is 0 Å². The molecule has 24 heavy (non-hydrogen) atoms. The highest BCUT2D eigenvalue weighted by Gasteiger charge is 2.27. The van der Waals surface area contributed by atoms with E-state index >= 15 is 0 Å². The second-order valence-corrected chi connectivity index (χ2v) is 8.05. The summed E-state index contributed by atoms with van der Waals surface area (Å²) in [5.74, 6) is 0.0896. The van der Waals surface area contributed by atoms with Crippen molar-refractivity contribution in [2.75, 3.05) is 5.32 Å². The Labute approximate surface area is 149 Å². The highest BCUT2D eigenvalue weighted by atomic mass is 32.2. The van der Waals surface area contributed by atoms with Gasteiger partial charge in [0.1, 0.15) is 5.25 Å². The van der Waals surface area contributed by atoms with Crippen molar-refractivity contribution in [3.8, 4) is 0 Å². The maximum Gasteiger partial charge on any atom is 0.242 e. The van der Waals surface area contributed by atoms with Gasteiger partial charge in [0.15, 0.2) is 0 Å². The molecule has 0 heterocycles. The highest BCUT2D eigenvalue weighted by Crippen LogP contribution is 2.40. The van der Waals surface area contributed by atoms with Gasteiger partial charge in [0.2, 0.25) is 5.91 Å². The molecule has 1 saturated carbocycles. The monoisotopic (exact) mass is 339 g/mol. The van der Waals surface area contributed by atoms with Gasteiger partial charge >= 0.3 is 0 Å².